The van der Waals surface area contributed by atoms with E-state index in [1.807, 2.05) is 0 Å². The molecule has 0 rings (SSSR count). The zero-order valence-corrected chi connectivity index (χ0v) is 13.5. The molecule has 3 nitrogen and oxygen atoms in total. The summed E-state index contributed by atoms with van der Waals surface area (Å²) in [5.41, 5.74) is -0.905. The second kappa shape index (κ2) is 11.8. The molecule has 0 unspecified atom stereocenters. The minimum absolute atomic E-state index is 0.310. The third-order valence-electron chi connectivity index (χ3n) is 3.79. The Morgan fingerprint density at radius 1 is 0.950 bits per heavy atom. The Kier molecular flexibility index (Phi) is 11.1. The average Bonchev–Trinajstić information content (AvgIpc) is 2.46. The lowest BCUT2D eigenvalue weighted by Crippen LogP contribution is -2.32. The smallest absolute Gasteiger partial charge is 0.326 e. The fourth-order valence-electron chi connectivity index (χ4n) is 2.46. The summed E-state index contributed by atoms with van der Waals surface area (Å²) in [5, 5.41) is 9.54. The van der Waals surface area contributed by atoms with E-state index < -0.39 is 5.41 Å². The maximum Gasteiger partial charge on any atom is 0.326 e. The van der Waals surface area contributed by atoms with E-state index in [1.54, 1.807) is 6.92 Å². The van der Waals surface area contributed by atoms with E-state index >= 15 is 0 Å². The lowest BCUT2D eigenvalue weighted by molar-refractivity contribution is -0.152. The molecule has 0 aliphatic rings. The number of hydrogen-bond acceptors (Lipinski definition) is 3. The van der Waals surface area contributed by atoms with Crippen molar-refractivity contribution in [1.29, 1.82) is 5.26 Å². The Morgan fingerprint density at radius 2 is 1.45 bits per heavy atom. The van der Waals surface area contributed by atoms with E-state index in [4.69, 9.17) is 4.74 Å². The van der Waals surface area contributed by atoms with E-state index in [0.717, 1.165) is 38.5 Å². The lowest BCUT2D eigenvalue weighted by Gasteiger charge is -2.24. The van der Waals surface area contributed by atoms with Gasteiger partial charge in [0.15, 0.2) is 5.41 Å². The Labute approximate surface area is 124 Å². The van der Waals surface area contributed by atoms with Gasteiger partial charge in [-0.25, -0.2) is 0 Å². The molecule has 0 aromatic rings. The molecule has 0 aromatic heterocycles. The quantitative estimate of drug-likeness (QED) is 0.373. The third kappa shape index (κ3) is 6.93. The fraction of sp³-hybridized carbons (Fsp3) is 0.882. The van der Waals surface area contributed by atoms with Crippen molar-refractivity contribution in [2.45, 2.75) is 85.0 Å². The molecule has 116 valence electrons. The van der Waals surface area contributed by atoms with Gasteiger partial charge in [0.1, 0.15) is 0 Å². The van der Waals surface area contributed by atoms with Gasteiger partial charge in [0, 0.05) is 0 Å². The van der Waals surface area contributed by atoms with E-state index in [2.05, 4.69) is 19.9 Å². The second-order valence-corrected chi connectivity index (χ2v) is 5.54. The summed E-state index contributed by atoms with van der Waals surface area (Å²) in [4.78, 5) is 12.2. The Balaban J connectivity index is 4.54. The van der Waals surface area contributed by atoms with Crippen LogP contribution in [0.4, 0.5) is 0 Å². The van der Waals surface area contributed by atoms with Gasteiger partial charge in [-0.15, -0.1) is 0 Å². The molecule has 0 saturated carbocycles. The van der Waals surface area contributed by atoms with Crippen LogP contribution in [0, 0.1) is 16.7 Å². The molecule has 0 aliphatic heterocycles. The van der Waals surface area contributed by atoms with Crippen LogP contribution in [0.2, 0.25) is 0 Å². The summed E-state index contributed by atoms with van der Waals surface area (Å²) in [7, 11) is 0. The van der Waals surface area contributed by atoms with E-state index in [-0.39, 0.29) is 5.97 Å². The van der Waals surface area contributed by atoms with Gasteiger partial charge in [0.25, 0.3) is 0 Å². The number of carbonyl (C=O) groups is 1. The van der Waals surface area contributed by atoms with Crippen molar-refractivity contribution >= 4 is 5.97 Å². The zero-order valence-electron chi connectivity index (χ0n) is 13.5. The van der Waals surface area contributed by atoms with Crippen LogP contribution in [0.15, 0.2) is 0 Å². The van der Waals surface area contributed by atoms with Gasteiger partial charge in [0.2, 0.25) is 0 Å². The number of nitriles is 1. The van der Waals surface area contributed by atoms with Crippen LogP contribution in [0.3, 0.4) is 0 Å². The Morgan fingerprint density at radius 3 is 1.80 bits per heavy atom. The first-order chi connectivity index (χ1) is 9.66. The van der Waals surface area contributed by atoms with Gasteiger partial charge >= 0.3 is 5.97 Å². The maximum atomic E-state index is 12.2. The van der Waals surface area contributed by atoms with Crippen molar-refractivity contribution in [3.8, 4) is 6.07 Å². The first-order valence-corrected chi connectivity index (χ1v) is 8.25. The average molecular weight is 281 g/mol. The highest BCUT2D eigenvalue weighted by Crippen LogP contribution is 2.33. The largest absolute Gasteiger partial charge is 0.465 e. The van der Waals surface area contributed by atoms with Crippen molar-refractivity contribution in [2.75, 3.05) is 6.61 Å². The molecule has 0 saturated heterocycles. The minimum atomic E-state index is -0.905. The summed E-state index contributed by atoms with van der Waals surface area (Å²) in [6, 6.07) is 2.28. The Hall–Kier alpha value is -1.04. The summed E-state index contributed by atoms with van der Waals surface area (Å²) in [5.74, 6) is -0.310. The topological polar surface area (TPSA) is 50.1 Å². The third-order valence-corrected chi connectivity index (χ3v) is 3.79. The van der Waals surface area contributed by atoms with Crippen LogP contribution in [0.25, 0.3) is 0 Å². The summed E-state index contributed by atoms with van der Waals surface area (Å²) in [6.45, 7) is 6.47. The number of esters is 1. The first-order valence-electron chi connectivity index (χ1n) is 8.25. The molecule has 0 fully saturated rings. The summed E-state index contributed by atoms with van der Waals surface area (Å²) in [6.07, 6.45) is 10.0. The van der Waals surface area contributed by atoms with Crippen molar-refractivity contribution in [3.05, 3.63) is 0 Å². The molecule has 0 aliphatic carbocycles. The van der Waals surface area contributed by atoms with Crippen molar-refractivity contribution in [2.24, 2.45) is 5.41 Å². The highest BCUT2D eigenvalue weighted by atomic mass is 16.5. The standard InChI is InChI=1S/C17H31NO2/c1-4-7-9-11-13-17(15-18,16(19)20-6-3)14-12-10-8-5-2/h4-14H2,1-3H3. The summed E-state index contributed by atoms with van der Waals surface area (Å²) < 4.78 is 5.15. The molecule has 0 aromatic carbocycles. The van der Waals surface area contributed by atoms with Gasteiger partial charge in [0.05, 0.1) is 12.7 Å². The molecule has 3 heteroatoms. The van der Waals surface area contributed by atoms with Gasteiger partial charge in [-0.3, -0.25) is 4.79 Å². The predicted octanol–water partition coefficient (Wildman–Crippen LogP) is 5.00. The second-order valence-electron chi connectivity index (χ2n) is 5.54. The molecule has 0 amide bonds. The van der Waals surface area contributed by atoms with Crippen LogP contribution < -0.4 is 0 Å². The van der Waals surface area contributed by atoms with Crippen molar-refractivity contribution in [1.82, 2.24) is 0 Å². The van der Waals surface area contributed by atoms with Gasteiger partial charge in [-0.1, -0.05) is 65.2 Å². The molecule has 20 heavy (non-hydrogen) atoms. The molecule has 0 bridgehead atoms. The van der Waals surface area contributed by atoms with Gasteiger partial charge < -0.3 is 4.74 Å². The highest BCUT2D eigenvalue weighted by Gasteiger charge is 2.39. The lowest BCUT2D eigenvalue weighted by atomic mass is 9.79. The SMILES string of the molecule is CCCCCCC(C#N)(CCCCCC)C(=O)OCC. The number of rotatable bonds is 12. The van der Waals surface area contributed by atoms with Crippen LogP contribution in [-0.2, 0) is 9.53 Å². The number of unbranched alkanes of at least 4 members (excludes halogenated alkanes) is 6. The summed E-state index contributed by atoms with van der Waals surface area (Å²) >= 11 is 0. The fourth-order valence-corrected chi connectivity index (χ4v) is 2.46. The number of nitrogens with zero attached hydrogens (tertiary/aromatic N) is 1. The van der Waals surface area contributed by atoms with Crippen LogP contribution in [0.1, 0.15) is 85.0 Å². The van der Waals surface area contributed by atoms with Crippen LogP contribution in [-0.4, -0.2) is 12.6 Å². The van der Waals surface area contributed by atoms with Crippen LogP contribution in [0.5, 0.6) is 0 Å². The minimum Gasteiger partial charge on any atom is -0.465 e. The molecule has 0 radical (unpaired) electrons. The van der Waals surface area contributed by atoms with Crippen LogP contribution >= 0.6 is 0 Å². The van der Waals surface area contributed by atoms with E-state index in [1.165, 1.54) is 12.8 Å². The predicted molar refractivity (Wildman–Crippen MR) is 82.2 cm³/mol. The molecular weight excluding hydrogens is 250 g/mol. The maximum absolute atomic E-state index is 12.2. The van der Waals surface area contributed by atoms with Crippen molar-refractivity contribution < 1.29 is 9.53 Å². The highest BCUT2D eigenvalue weighted by molar-refractivity contribution is 5.80. The van der Waals surface area contributed by atoms with Gasteiger partial charge in [-0.2, -0.15) is 5.26 Å². The monoisotopic (exact) mass is 281 g/mol. The molecular formula is C17H31NO2. The van der Waals surface area contributed by atoms with E-state index in [0.29, 0.717) is 19.4 Å². The molecule has 0 heterocycles. The van der Waals surface area contributed by atoms with Gasteiger partial charge in [-0.05, 0) is 19.8 Å². The molecule has 0 atom stereocenters. The number of hydrogen-bond donors (Lipinski definition) is 0. The van der Waals surface area contributed by atoms with Crippen molar-refractivity contribution in [3.63, 3.8) is 0 Å². The zero-order chi connectivity index (χ0) is 15.3. The Bertz CT molecular complexity index is 282. The van der Waals surface area contributed by atoms with E-state index in [9.17, 15) is 10.1 Å². The number of ether oxygens (including phenoxy) is 1. The molecule has 0 N–H and O–H groups in total. The normalized spacial score (nSPS) is 11.1. The molecule has 0 spiro atoms. The first kappa shape index (κ1) is 19.0. The number of carbonyl (C=O) groups excluding carboxylic acids is 1.